The van der Waals surface area contributed by atoms with Crippen LogP contribution in [0.3, 0.4) is 0 Å². The summed E-state index contributed by atoms with van der Waals surface area (Å²) >= 11 is 1.49. The first kappa shape index (κ1) is 17.3. The number of benzene rings is 3. The summed E-state index contributed by atoms with van der Waals surface area (Å²) in [5.74, 6) is 1.32. The number of hydrogen-bond acceptors (Lipinski definition) is 4. The molecule has 4 rings (SSSR count). The molecule has 27 heavy (non-hydrogen) atoms. The number of rotatable bonds is 5. The Morgan fingerprint density at radius 1 is 0.852 bits per heavy atom. The van der Waals surface area contributed by atoms with Crippen LogP contribution in [0.5, 0.6) is 11.5 Å². The van der Waals surface area contributed by atoms with Gasteiger partial charge in [-0.05, 0) is 35.9 Å². The van der Waals surface area contributed by atoms with Crippen LogP contribution in [0.25, 0.3) is 21.2 Å². The van der Waals surface area contributed by atoms with E-state index in [1.165, 1.54) is 11.3 Å². The normalized spacial score (nSPS) is 10.7. The van der Waals surface area contributed by atoms with Crippen LogP contribution < -0.4 is 9.47 Å². The van der Waals surface area contributed by atoms with Gasteiger partial charge in [0, 0.05) is 15.6 Å². The lowest BCUT2D eigenvalue weighted by molar-refractivity contribution is 0.104. The second-order valence-electron chi connectivity index (χ2n) is 6.06. The second-order valence-corrected chi connectivity index (χ2v) is 7.12. The Morgan fingerprint density at radius 2 is 1.59 bits per heavy atom. The van der Waals surface area contributed by atoms with Crippen LogP contribution >= 0.6 is 11.3 Å². The fourth-order valence-electron chi connectivity index (χ4n) is 3.21. The molecule has 0 aliphatic heterocycles. The minimum Gasteiger partial charge on any atom is -0.497 e. The third-order valence-electron chi connectivity index (χ3n) is 4.52. The topological polar surface area (TPSA) is 35.5 Å². The molecule has 4 heteroatoms. The maximum atomic E-state index is 13.4. The smallest absolute Gasteiger partial charge is 0.207 e. The first-order valence-electron chi connectivity index (χ1n) is 8.56. The largest absolute Gasteiger partial charge is 0.497 e. The summed E-state index contributed by atoms with van der Waals surface area (Å²) in [5.41, 5.74) is 2.54. The molecular weight excluding hydrogens is 356 g/mol. The highest BCUT2D eigenvalue weighted by Gasteiger charge is 2.23. The Kier molecular flexibility index (Phi) is 4.65. The van der Waals surface area contributed by atoms with E-state index in [1.54, 1.807) is 20.3 Å². The van der Waals surface area contributed by atoms with E-state index in [9.17, 15) is 4.79 Å². The molecule has 3 aromatic carbocycles. The molecular formula is C23H18O3S. The molecule has 3 nitrogen and oxygen atoms in total. The van der Waals surface area contributed by atoms with Crippen molar-refractivity contribution in [1.29, 1.82) is 0 Å². The summed E-state index contributed by atoms with van der Waals surface area (Å²) in [6.45, 7) is 0. The van der Waals surface area contributed by atoms with Gasteiger partial charge in [0.05, 0.1) is 24.7 Å². The Bertz CT molecular complexity index is 1110. The van der Waals surface area contributed by atoms with Crippen LogP contribution in [0.15, 0.2) is 72.8 Å². The van der Waals surface area contributed by atoms with Crippen molar-refractivity contribution in [3.8, 4) is 22.6 Å². The summed E-state index contributed by atoms with van der Waals surface area (Å²) in [7, 11) is 3.23. The molecule has 0 saturated heterocycles. The summed E-state index contributed by atoms with van der Waals surface area (Å²) in [6, 6.07) is 23.3. The van der Waals surface area contributed by atoms with Crippen LogP contribution in [-0.4, -0.2) is 20.0 Å². The lowest BCUT2D eigenvalue weighted by Gasteiger charge is -2.08. The first-order chi connectivity index (χ1) is 13.2. The molecule has 0 aliphatic rings. The average Bonchev–Trinajstić information content (AvgIpc) is 3.12. The number of fused-ring (bicyclic) bond motifs is 1. The van der Waals surface area contributed by atoms with Crippen molar-refractivity contribution >= 4 is 27.2 Å². The van der Waals surface area contributed by atoms with Crippen molar-refractivity contribution in [2.45, 2.75) is 0 Å². The van der Waals surface area contributed by atoms with Crippen LogP contribution in [0.4, 0.5) is 0 Å². The summed E-state index contributed by atoms with van der Waals surface area (Å²) < 4.78 is 11.8. The molecule has 0 radical (unpaired) electrons. The second kappa shape index (κ2) is 7.25. The fourth-order valence-corrected chi connectivity index (χ4v) is 4.42. The quantitative estimate of drug-likeness (QED) is 0.413. The fraction of sp³-hybridized carbons (Fsp3) is 0.0870. The van der Waals surface area contributed by atoms with Crippen LogP contribution in [0.2, 0.25) is 0 Å². The number of ketones is 1. The summed E-state index contributed by atoms with van der Waals surface area (Å²) in [4.78, 5) is 14.1. The van der Waals surface area contributed by atoms with Gasteiger partial charge in [0.25, 0.3) is 0 Å². The maximum Gasteiger partial charge on any atom is 0.207 e. The Morgan fingerprint density at radius 3 is 2.33 bits per heavy atom. The molecule has 4 aromatic rings. The van der Waals surface area contributed by atoms with Crippen molar-refractivity contribution in [2.24, 2.45) is 0 Å². The Labute approximate surface area is 161 Å². The molecule has 0 atom stereocenters. The molecule has 0 fully saturated rings. The molecule has 0 bridgehead atoms. The van der Waals surface area contributed by atoms with Gasteiger partial charge in [-0.15, -0.1) is 11.3 Å². The Hall–Kier alpha value is -3.11. The van der Waals surface area contributed by atoms with Crippen LogP contribution in [-0.2, 0) is 0 Å². The van der Waals surface area contributed by atoms with Gasteiger partial charge in [0.2, 0.25) is 5.78 Å². The lowest BCUT2D eigenvalue weighted by Crippen LogP contribution is -2.03. The van der Waals surface area contributed by atoms with Crippen LogP contribution in [0.1, 0.15) is 15.2 Å². The molecule has 0 unspecified atom stereocenters. The zero-order valence-electron chi connectivity index (χ0n) is 15.1. The highest BCUT2D eigenvalue weighted by molar-refractivity contribution is 7.21. The van der Waals surface area contributed by atoms with E-state index in [0.717, 1.165) is 27.0 Å². The molecule has 0 saturated carbocycles. The third kappa shape index (κ3) is 3.09. The number of hydrogen-bond donors (Lipinski definition) is 0. The number of para-hydroxylation sites is 1. The van der Waals surface area contributed by atoms with Gasteiger partial charge >= 0.3 is 0 Å². The predicted molar refractivity (Wildman–Crippen MR) is 110 cm³/mol. The van der Waals surface area contributed by atoms with E-state index < -0.39 is 0 Å². The molecule has 0 aliphatic carbocycles. The van der Waals surface area contributed by atoms with Gasteiger partial charge in [-0.2, -0.15) is 0 Å². The molecule has 1 aromatic heterocycles. The number of methoxy groups -OCH3 is 2. The van der Waals surface area contributed by atoms with Gasteiger partial charge in [-0.3, -0.25) is 4.79 Å². The number of carbonyl (C=O) groups excluding carboxylic acids is 1. The minimum absolute atomic E-state index is 0.0357. The summed E-state index contributed by atoms with van der Waals surface area (Å²) in [6.07, 6.45) is 0. The first-order valence-corrected chi connectivity index (χ1v) is 9.38. The number of carbonyl (C=O) groups is 1. The van der Waals surface area contributed by atoms with Crippen LogP contribution in [0, 0.1) is 0 Å². The van der Waals surface area contributed by atoms with Gasteiger partial charge < -0.3 is 9.47 Å². The van der Waals surface area contributed by atoms with E-state index in [1.807, 2.05) is 66.7 Å². The minimum atomic E-state index is -0.0357. The van der Waals surface area contributed by atoms with Gasteiger partial charge in [-0.25, -0.2) is 0 Å². The molecule has 0 spiro atoms. The maximum absolute atomic E-state index is 13.4. The van der Waals surface area contributed by atoms with Crippen molar-refractivity contribution in [1.82, 2.24) is 0 Å². The third-order valence-corrected chi connectivity index (χ3v) is 5.67. The predicted octanol–water partition coefficient (Wildman–Crippen LogP) is 5.82. The van der Waals surface area contributed by atoms with E-state index in [-0.39, 0.29) is 5.78 Å². The number of ether oxygens (including phenoxy) is 2. The van der Waals surface area contributed by atoms with Crippen molar-refractivity contribution in [3.63, 3.8) is 0 Å². The lowest BCUT2D eigenvalue weighted by atomic mass is 9.98. The van der Waals surface area contributed by atoms with Gasteiger partial charge in [0.15, 0.2) is 0 Å². The van der Waals surface area contributed by atoms with E-state index in [2.05, 4.69) is 0 Å². The summed E-state index contributed by atoms with van der Waals surface area (Å²) in [5, 5.41) is 1.05. The molecule has 0 amide bonds. The highest BCUT2D eigenvalue weighted by atomic mass is 32.1. The average molecular weight is 374 g/mol. The molecule has 1 heterocycles. The number of thiophene rings is 1. The van der Waals surface area contributed by atoms with E-state index >= 15 is 0 Å². The molecule has 134 valence electrons. The standard InChI is InChI=1S/C23H18O3S/c1-25-16-12-13-18-20(14-16)27-23(21(18)15-8-4-3-5-9-15)22(24)17-10-6-7-11-19(17)26-2/h3-14H,1-2H3. The van der Waals surface area contributed by atoms with Crippen molar-refractivity contribution in [2.75, 3.05) is 14.2 Å². The zero-order valence-corrected chi connectivity index (χ0v) is 15.9. The monoisotopic (exact) mass is 374 g/mol. The molecule has 0 N–H and O–H groups in total. The Balaban J connectivity index is 1.98. The SMILES string of the molecule is COc1ccc2c(-c3ccccc3)c(C(=O)c3ccccc3OC)sc2c1. The van der Waals surface area contributed by atoms with Crippen molar-refractivity contribution < 1.29 is 14.3 Å². The highest BCUT2D eigenvalue weighted by Crippen LogP contribution is 2.42. The van der Waals surface area contributed by atoms with Gasteiger partial charge in [0.1, 0.15) is 11.5 Å². The van der Waals surface area contributed by atoms with Gasteiger partial charge in [-0.1, -0.05) is 42.5 Å². The zero-order chi connectivity index (χ0) is 18.8. The van der Waals surface area contributed by atoms with E-state index in [4.69, 9.17) is 9.47 Å². The van der Waals surface area contributed by atoms with Crippen molar-refractivity contribution in [3.05, 3.63) is 83.2 Å². The van der Waals surface area contributed by atoms with E-state index in [0.29, 0.717) is 16.2 Å².